The molecule has 0 aliphatic carbocycles. The Labute approximate surface area is 118 Å². The highest BCUT2D eigenvalue weighted by molar-refractivity contribution is 5.92. The Morgan fingerprint density at radius 2 is 1.90 bits per heavy atom. The van der Waals surface area contributed by atoms with Crippen LogP contribution in [-0.4, -0.2) is 20.6 Å². The molecule has 0 unspecified atom stereocenters. The van der Waals surface area contributed by atoms with Gasteiger partial charge in [-0.15, -0.1) is 0 Å². The average molecular weight is 288 g/mol. The molecule has 3 rings (SSSR count). The van der Waals surface area contributed by atoms with Gasteiger partial charge in [-0.3, -0.25) is 4.57 Å². The molecule has 0 aliphatic heterocycles. The summed E-state index contributed by atoms with van der Waals surface area (Å²) in [7, 11) is 0. The number of benzene rings is 2. The number of aromatic carboxylic acids is 1. The molecule has 4 nitrogen and oxygen atoms in total. The lowest BCUT2D eigenvalue weighted by molar-refractivity contribution is 0.0697. The number of aryl methyl sites for hydroxylation is 1. The molecule has 106 valence electrons. The summed E-state index contributed by atoms with van der Waals surface area (Å²) in [5.41, 5.74) is 1.66. The topological polar surface area (TPSA) is 55.1 Å². The van der Waals surface area contributed by atoms with Crippen molar-refractivity contribution in [2.24, 2.45) is 0 Å². The molecule has 0 radical (unpaired) electrons. The normalized spacial score (nSPS) is 11.0. The first kappa shape index (κ1) is 13.2. The number of rotatable bonds is 2. The lowest BCUT2D eigenvalue weighted by Gasteiger charge is -2.07. The Hall–Kier alpha value is -2.76. The van der Waals surface area contributed by atoms with Crippen LogP contribution in [-0.2, 0) is 0 Å². The van der Waals surface area contributed by atoms with Crippen LogP contribution >= 0.6 is 0 Å². The van der Waals surface area contributed by atoms with Crippen LogP contribution < -0.4 is 0 Å². The van der Waals surface area contributed by atoms with E-state index in [4.69, 9.17) is 5.11 Å². The van der Waals surface area contributed by atoms with Gasteiger partial charge in [-0.1, -0.05) is 0 Å². The third-order valence-electron chi connectivity index (χ3n) is 3.23. The maximum Gasteiger partial charge on any atom is 0.335 e. The van der Waals surface area contributed by atoms with Gasteiger partial charge >= 0.3 is 5.97 Å². The van der Waals surface area contributed by atoms with Gasteiger partial charge in [0.2, 0.25) is 0 Å². The summed E-state index contributed by atoms with van der Waals surface area (Å²) < 4.78 is 28.1. The summed E-state index contributed by atoms with van der Waals surface area (Å²) in [6, 6.07) is 8.05. The molecule has 2 aromatic carbocycles. The molecule has 0 fully saturated rings. The van der Waals surface area contributed by atoms with Crippen LogP contribution in [0.15, 0.2) is 36.4 Å². The number of imidazole rings is 1. The van der Waals surface area contributed by atoms with Gasteiger partial charge in [0, 0.05) is 6.07 Å². The average Bonchev–Trinajstić information content (AvgIpc) is 2.76. The quantitative estimate of drug-likeness (QED) is 0.787. The molecule has 0 bridgehead atoms. The maximum atomic E-state index is 13.4. The molecule has 1 N–H and O–H groups in total. The predicted octanol–water partition coefficient (Wildman–Crippen LogP) is 3.31. The van der Waals surface area contributed by atoms with Crippen molar-refractivity contribution in [1.29, 1.82) is 0 Å². The van der Waals surface area contributed by atoms with Gasteiger partial charge in [0.15, 0.2) is 11.6 Å². The van der Waals surface area contributed by atoms with Gasteiger partial charge in [0.25, 0.3) is 0 Å². The summed E-state index contributed by atoms with van der Waals surface area (Å²) >= 11 is 0. The van der Waals surface area contributed by atoms with Gasteiger partial charge in [-0.25, -0.2) is 18.6 Å². The van der Waals surface area contributed by atoms with E-state index in [-0.39, 0.29) is 5.56 Å². The zero-order valence-electron chi connectivity index (χ0n) is 11.0. The predicted molar refractivity (Wildman–Crippen MR) is 72.7 cm³/mol. The van der Waals surface area contributed by atoms with E-state index in [9.17, 15) is 13.6 Å². The van der Waals surface area contributed by atoms with Crippen molar-refractivity contribution in [2.75, 3.05) is 0 Å². The second-order valence-corrected chi connectivity index (χ2v) is 4.60. The molecule has 0 saturated carbocycles. The number of hydrogen-bond acceptors (Lipinski definition) is 2. The Morgan fingerprint density at radius 1 is 1.14 bits per heavy atom. The number of nitrogens with zero attached hydrogens (tertiary/aromatic N) is 2. The van der Waals surface area contributed by atoms with Crippen LogP contribution in [0.25, 0.3) is 16.7 Å². The number of fused-ring (bicyclic) bond motifs is 1. The Morgan fingerprint density at radius 3 is 2.57 bits per heavy atom. The van der Waals surface area contributed by atoms with Crippen LogP contribution in [0.3, 0.4) is 0 Å². The number of hydrogen-bond donors (Lipinski definition) is 1. The minimum absolute atomic E-state index is 0.123. The fourth-order valence-corrected chi connectivity index (χ4v) is 2.28. The van der Waals surface area contributed by atoms with E-state index >= 15 is 0 Å². The standard InChI is InChI=1S/C15H10F2N2O2/c1-8-18-13-6-9(15(20)21)2-5-14(13)19(8)10-3-4-11(16)12(17)7-10/h2-7H,1H3,(H,20,21). The van der Waals surface area contributed by atoms with Gasteiger partial charge in [0.1, 0.15) is 5.82 Å². The largest absolute Gasteiger partial charge is 0.478 e. The number of carbonyl (C=O) groups is 1. The molecule has 0 spiro atoms. The molecule has 0 atom stereocenters. The van der Waals surface area contributed by atoms with Gasteiger partial charge < -0.3 is 5.11 Å². The van der Waals surface area contributed by atoms with Crippen molar-refractivity contribution in [2.45, 2.75) is 6.92 Å². The van der Waals surface area contributed by atoms with Crippen molar-refractivity contribution < 1.29 is 18.7 Å². The van der Waals surface area contributed by atoms with Crippen LogP contribution in [0.4, 0.5) is 8.78 Å². The fraction of sp³-hybridized carbons (Fsp3) is 0.0667. The molecule has 21 heavy (non-hydrogen) atoms. The molecular weight excluding hydrogens is 278 g/mol. The second-order valence-electron chi connectivity index (χ2n) is 4.60. The Kier molecular flexibility index (Phi) is 2.94. The van der Waals surface area contributed by atoms with Crippen molar-refractivity contribution in [3.05, 3.63) is 59.4 Å². The van der Waals surface area contributed by atoms with Crippen molar-refractivity contribution >= 4 is 17.0 Å². The monoisotopic (exact) mass is 288 g/mol. The molecule has 3 aromatic rings. The number of aromatic nitrogens is 2. The maximum absolute atomic E-state index is 13.4. The van der Waals surface area contributed by atoms with Crippen LogP contribution in [0.2, 0.25) is 0 Å². The first-order chi connectivity index (χ1) is 9.97. The molecule has 0 amide bonds. The summed E-state index contributed by atoms with van der Waals surface area (Å²) in [5.74, 6) is -2.36. The highest BCUT2D eigenvalue weighted by atomic mass is 19.2. The molecule has 6 heteroatoms. The summed E-state index contributed by atoms with van der Waals surface area (Å²) in [6.45, 7) is 1.71. The molecule has 1 heterocycles. The van der Waals surface area contributed by atoms with E-state index in [0.29, 0.717) is 22.5 Å². The van der Waals surface area contributed by atoms with Crippen molar-refractivity contribution in [3.63, 3.8) is 0 Å². The Bertz CT molecular complexity index is 871. The minimum atomic E-state index is -1.04. The first-order valence-corrected chi connectivity index (χ1v) is 6.15. The minimum Gasteiger partial charge on any atom is -0.478 e. The van der Waals surface area contributed by atoms with E-state index in [1.165, 1.54) is 18.2 Å². The molecular formula is C15H10F2N2O2. The second kappa shape index (κ2) is 4.66. The van der Waals surface area contributed by atoms with Crippen molar-refractivity contribution in [1.82, 2.24) is 9.55 Å². The number of halogens is 2. The molecule has 1 aromatic heterocycles. The van der Waals surface area contributed by atoms with E-state index in [1.807, 2.05) is 0 Å². The Balaban J connectivity index is 2.25. The van der Waals surface area contributed by atoms with E-state index in [2.05, 4.69) is 4.98 Å². The lowest BCUT2D eigenvalue weighted by atomic mass is 10.2. The van der Waals surface area contributed by atoms with Crippen LogP contribution in [0, 0.1) is 18.6 Å². The third kappa shape index (κ3) is 2.14. The zero-order chi connectivity index (χ0) is 15.1. The SMILES string of the molecule is Cc1nc2cc(C(=O)O)ccc2n1-c1ccc(F)c(F)c1. The molecule has 0 aliphatic rings. The van der Waals surface area contributed by atoms with E-state index in [1.54, 1.807) is 17.6 Å². The highest BCUT2D eigenvalue weighted by Gasteiger charge is 2.13. The van der Waals surface area contributed by atoms with E-state index < -0.39 is 17.6 Å². The van der Waals surface area contributed by atoms with E-state index in [0.717, 1.165) is 12.1 Å². The summed E-state index contributed by atoms with van der Waals surface area (Å²) in [5, 5.41) is 8.98. The first-order valence-electron chi connectivity index (χ1n) is 6.15. The highest BCUT2D eigenvalue weighted by Crippen LogP contribution is 2.23. The van der Waals surface area contributed by atoms with Gasteiger partial charge in [-0.05, 0) is 37.3 Å². The van der Waals surface area contributed by atoms with Gasteiger partial charge in [0.05, 0.1) is 22.3 Å². The lowest BCUT2D eigenvalue weighted by Crippen LogP contribution is -1.99. The van der Waals surface area contributed by atoms with Crippen LogP contribution in [0.5, 0.6) is 0 Å². The molecule has 0 saturated heterocycles. The summed E-state index contributed by atoms with van der Waals surface area (Å²) in [6.07, 6.45) is 0. The number of carboxylic acid groups (broad SMARTS) is 1. The smallest absolute Gasteiger partial charge is 0.335 e. The van der Waals surface area contributed by atoms with Gasteiger partial charge in [-0.2, -0.15) is 0 Å². The fourth-order valence-electron chi connectivity index (χ4n) is 2.28. The third-order valence-corrected chi connectivity index (χ3v) is 3.23. The number of carboxylic acids is 1. The zero-order valence-corrected chi connectivity index (χ0v) is 11.0. The van der Waals surface area contributed by atoms with Crippen molar-refractivity contribution in [3.8, 4) is 5.69 Å². The summed E-state index contributed by atoms with van der Waals surface area (Å²) in [4.78, 5) is 15.2. The van der Waals surface area contributed by atoms with Crippen LogP contribution in [0.1, 0.15) is 16.2 Å².